The van der Waals surface area contributed by atoms with Crippen molar-refractivity contribution >= 4 is 41.4 Å². The highest BCUT2D eigenvalue weighted by atomic mass is 32.2. The zero-order valence-corrected chi connectivity index (χ0v) is 19.0. The van der Waals surface area contributed by atoms with Crippen molar-refractivity contribution in [2.45, 2.75) is 51.2 Å². The van der Waals surface area contributed by atoms with E-state index in [0.717, 1.165) is 0 Å². The fraction of sp³-hybridized carbons (Fsp3) is 0.722. The summed E-state index contributed by atoms with van der Waals surface area (Å²) in [5, 5.41) is 16.7. The van der Waals surface area contributed by atoms with E-state index in [9.17, 15) is 24.3 Å². The number of carbonyl (C=O) groups excluding carboxylic acids is 3. The van der Waals surface area contributed by atoms with Gasteiger partial charge in [-0.15, -0.1) is 0 Å². The van der Waals surface area contributed by atoms with Crippen LogP contribution in [-0.2, 0) is 19.2 Å². The minimum Gasteiger partial charge on any atom is -0.480 e. The summed E-state index contributed by atoms with van der Waals surface area (Å²) in [6.07, 6.45) is 2.92. The normalized spacial score (nSPS) is 13.6. The van der Waals surface area contributed by atoms with Gasteiger partial charge in [0.2, 0.25) is 17.7 Å². The van der Waals surface area contributed by atoms with E-state index < -0.39 is 41.8 Å². The van der Waals surface area contributed by atoms with Crippen molar-refractivity contribution in [3.05, 3.63) is 0 Å². The third kappa shape index (κ3) is 12.7. The molecule has 0 spiro atoms. The van der Waals surface area contributed by atoms with Gasteiger partial charge in [-0.2, -0.15) is 11.8 Å². The Hall–Kier alpha value is -2.54. The van der Waals surface area contributed by atoms with Crippen LogP contribution in [0.3, 0.4) is 0 Å². The van der Waals surface area contributed by atoms with Crippen LogP contribution in [-0.4, -0.2) is 78.0 Å². The summed E-state index contributed by atoms with van der Waals surface area (Å²) in [6.45, 7) is 3.40. The number of carbonyl (C=O) groups is 4. The van der Waals surface area contributed by atoms with E-state index in [1.54, 1.807) is 13.8 Å². The van der Waals surface area contributed by atoms with Crippen molar-refractivity contribution in [1.82, 2.24) is 16.0 Å². The Bertz CT molecular complexity index is 641. The number of rotatable bonds is 15. The molecular weight excluding hydrogens is 426 g/mol. The van der Waals surface area contributed by atoms with E-state index in [1.807, 2.05) is 6.26 Å². The summed E-state index contributed by atoms with van der Waals surface area (Å²) in [6, 6.07) is -2.83. The monoisotopic (exact) mass is 461 g/mol. The lowest BCUT2D eigenvalue weighted by atomic mass is 10.0. The third-order valence-corrected chi connectivity index (χ3v) is 4.86. The van der Waals surface area contributed by atoms with Gasteiger partial charge in [0.15, 0.2) is 5.96 Å². The van der Waals surface area contributed by atoms with Crippen LogP contribution in [0, 0.1) is 5.92 Å². The van der Waals surface area contributed by atoms with Gasteiger partial charge in [-0.3, -0.25) is 19.4 Å². The first-order valence-electron chi connectivity index (χ1n) is 9.89. The number of nitrogens with one attached hydrogen (secondary N) is 3. The van der Waals surface area contributed by atoms with Gasteiger partial charge in [0.1, 0.15) is 12.1 Å². The van der Waals surface area contributed by atoms with Crippen LogP contribution in [0.4, 0.5) is 0 Å². The Morgan fingerprint density at radius 2 is 1.71 bits per heavy atom. The maximum atomic E-state index is 12.5. The second kappa shape index (κ2) is 15.3. The number of amides is 3. The van der Waals surface area contributed by atoms with Crippen molar-refractivity contribution in [3.63, 3.8) is 0 Å². The standard InChI is InChI=1S/C18H35N7O5S/c1-10(2)14(16(28)24-12(17(29)30)6-8-31-3)25-13(26)9-23-15(27)11(19)5-4-7-22-18(20)21/h10-12,14H,4-9,19H2,1-3H3,(H,23,27)(H,24,28)(H,25,26)(H,29,30)(H4,20,21,22). The predicted molar refractivity (Wildman–Crippen MR) is 120 cm³/mol. The number of guanidine groups is 1. The van der Waals surface area contributed by atoms with Gasteiger partial charge in [-0.05, 0) is 37.2 Å². The number of hydrogen-bond donors (Lipinski definition) is 7. The average Bonchev–Trinajstić information content (AvgIpc) is 2.69. The number of aliphatic carboxylic acids is 1. The molecular formula is C18H35N7O5S. The van der Waals surface area contributed by atoms with Crippen molar-refractivity contribution in [3.8, 4) is 0 Å². The summed E-state index contributed by atoms with van der Waals surface area (Å²) in [5.74, 6) is -2.63. The zero-order valence-electron chi connectivity index (χ0n) is 18.2. The maximum Gasteiger partial charge on any atom is 0.326 e. The van der Waals surface area contributed by atoms with E-state index in [0.29, 0.717) is 25.1 Å². The first-order valence-corrected chi connectivity index (χ1v) is 11.3. The van der Waals surface area contributed by atoms with Gasteiger partial charge in [0.25, 0.3) is 0 Å². The van der Waals surface area contributed by atoms with E-state index in [4.69, 9.17) is 17.2 Å². The van der Waals surface area contributed by atoms with Crippen molar-refractivity contribution in [1.29, 1.82) is 0 Å². The van der Waals surface area contributed by atoms with Crippen molar-refractivity contribution in [2.24, 2.45) is 28.1 Å². The number of carboxylic acid groups (broad SMARTS) is 1. The largest absolute Gasteiger partial charge is 0.480 e. The second-order valence-electron chi connectivity index (χ2n) is 7.24. The number of carboxylic acids is 1. The smallest absolute Gasteiger partial charge is 0.326 e. The number of aliphatic imine (C=N–C) groups is 1. The molecule has 12 nitrogen and oxygen atoms in total. The Kier molecular flexibility index (Phi) is 14.0. The van der Waals surface area contributed by atoms with E-state index in [1.165, 1.54) is 11.8 Å². The number of nitrogens with two attached hydrogens (primary N) is 3. The molecule has 178 valence electrons. The van der Waals surface area contributed by atoms with E-state index in [2.05, 4.69) is 20.9 Å². The molecule has 0 saturated carbocycles. The molecule has 0 radical (unpaired) electrons. The molecule has 3 amide bonds. The van der Waals surface area contributed by atoms with Crippen LogP contribution in [0.25, 0.3) is 0 Å². The zero-order chi connectivity index (χ0) is 24.0. The second-order valence-corrected chi connectivity index (χ2v) is 8.23. The SMILES string of the molecule is CSCCC(NC(=O)C(NC(=O)CNC(=O)C(N)CCCN=C(N)N)C(C)C)C(=O)O. The fourth-order valence-electron chi connectivity index (χ4n) is 2.46. The molecule has 3 unspecified atom stereocenters. The first-order chi connectivity index (χ1) is 14.5. The average molecular weight is 462 g/mol. The Morgan fingerprint density at radius 3 is 2.23 bits per heavy atom. The van der Waals surface area contributed by atoms with Gasteiger partial charge in [-0.25, -0.2) is 4.79 Å². The van der Waals surface area contributed by atoms with Gasteiger partial charge >= 0.3 is 5.97 Å². The lowest BCUT2D eigenvalue weighted by Gasteiger charge is -2.24. The molecule has 0 rings (SSSR count). The van der Waals surface area contributed by atoms with Gasteiger partial charge in [0.05, 0.1) is 12.6 Å². The highest BCUT2D eigenvalue weighted by Gasteiger charge is 2.28. The van der Waals surface area contributed by atoms with Crippen molar-refractivity contribution < 1.29 is 24.3 Å². The van der Waals surface area contributed by atoms with Crippen LogP contribution >= 0.6 is 11.8 Å². The number of hydrogen-bond acceptors (Lipinski definition) is 7. The van der Waals surface area contributed by atoms with Crippen molar-refractivity contribution in [2.75, 3.05) is 25.1 Å². The molecule has 13 heteroatoms. The molecule has 0 aromatic heterocycles. The maximum absolute atomic E-state index is 12.5. The topological polar surface area (TPSA) is 215 Å². The van der Waals surface area contributed by atoms with Gasteiger partial charge in [-0.1, -0.05) is 13.8 Å². The molecule has 0 aromatic carbocycles. The summed E-state index contributed by atoms with van der Waals surface area (Å²) in [5.41, 5.74) is 16.2. The lowest BCUT2D eigenvalue weighted by molar-refractivity contribution is -0.142. The summed E-state index contributed by atoms with van der Waals surface area (Å²) in [4.78, 5) is 51.8. The quantitative estimate of drug-likeness (QED) is 0.0810. The van der Waals surface area contributed by atoms with Crippen LogP contribution in [0.15, 0.2) is 4.99 Å². The molecule has 10 N–H and O–H groups in total. The Morgan fingerprint density at radius 1 is 1.06 bits per heavy atom. The summed E-state index contributed by atoms with van der Waals surface area (Å²) < 4.78 is 0. The molecule has 0 aromatic rings. The Labute approximate surface area is 186 Å². The van der Waals surface area contributed by atoms with Crippen LogP contribution < -0.4 is 33.2 Å². The first kappa shape index (κ1) is 28.5. The molecule has 0 saturated heterocycles. The summed E-state index contributed by atoms with van der Waals surface area (Å²) >= 11 is 1.47. The number of thioether (sulfide) groups is 1. The minimum atomic E-state index is -1.14. The third-order valence-electron chi connectivity index (χ3n) is 4.22. The lowest BCUT2D eigenvalue weighted by Crippen LogP contribution is -2.55. The highest BCUT2D eigenvalue weighted by Crippen LogP contribution is 2.06. The van der Waals surface area contributed by atoms with Crippen LogP contribution in [0.2, 0.25) is 0 Å². The molecule has 31 heavy (non-hydrogen) atoms. The molecule has 0 bridgehead atoms. The van der Waals surface area contributed by atoms with Crippen LogP contribution in [0.1, 0.15) is 33.1 Å². The van der Waals surface area contributed by atoms with Gasteiger partial charge in [0, 0.05) is 6.54 Å². The fourth-order valence-corrected chi connectivity index (χ4v) is 2.93. The molecule has 0 aliphatic heterocycles. The van der Waals surface area contributed by atoms with E-state index in [-0.39, 0.29) is 24.8 Å². The molecule has 0 aliphatic rings. The van der Waals surface area contributed by atoms with E-state index >= 15 is 0 Å². The predicted octanol–water partition coefficient (Wildman–Crippen LogP) is -2.05. The van der Waals surface area contributed by atoms with Crippen LogP contribution in [0.5, 0.6) is 0 Å². The highest BCUT2D eigenvalue weighted by molar-refractivity contribution is 7.98. The number of nitrogens with zero attached hydrogens (tertiary/aromatic N) is 1. The summed E-state index contributed by atoms with van der Waals surface area (Å²) in [7, 11) is 0. The molecule has 3 atom stereocenters. The van der Waals surface area contributed by atoms with Gasteiger partial charge < -0.3 is 38.3 Å². The minimum absolute atomic E-state index is 0.0441. The Balaban J connectivity index is 4.64. The molecule has 0 aliphatic carbocycles. The molecule has 0 fully saturated rings. The molecule has 0 heterocycles.